The van der Waals surface area contributed by atoms with Crippen LogP contribution in [0.15, 0.2) is 12.3 Å². The monoisotopic (exact) mass is 439 g/mol. The van der Waals surface area contributed by atoms with Crippen molar-refractivity contribution in [3.63, 3.8) is 0 Å². The molecule has 2 aromatic heterocycles. The summed E-state index contributed by atoms with van der Waals surface area (Å²) in [5.41, 5.74) is -0.219. The number of amides is 2. The fraction of sp³-hybridized carbons (Fsp3) is 0.588. The molecule has 2 amide bonds. The fourth-order valence-electron chi connectivity index (χ4n) is 3.59. The van der Waals surface area contributed by atoms with Gasteiger partial charge in [0, 0.05) is 31.5 Å². The van der Waals surface area contributed by atoms with Crippen molar-refractivity contribution in [3.05, 3.63) is 23.1 Å². The van der Waals surface area contributed by atoms with E-state index in [1.54, 1.807) is 0 Å². The van der Waals surface area contributed by atoms with Crippen LogP contribution in [0.5, 0.6) is 0 Å². The van der Waals surface area contributed by atoms with Crippen LogP contribution in [-0.4, -0.2) is 45.3 Å². The number of hydrogen-bond acceptors (Lipinski definition) is 3. The van der Waals surface area contributed by atoms with E-state index in [1.807, 2.05) is 13.8 Å². The zero-order chi connectivity index (χ0) is 21.6. The minimum absolute atomic E-state index is 0.0343. The van der Waals surface area contributed by atoms with Crippen LogP contribution in [0.1, 0.15) is 44.7 Å². The summed E-state index contributed by atoms with van der Waals surface area (Å²) in [5.74, 6) is -4.88. The van der Waals surface area contributed by atoms with Crippen molar-refractivity contribution in [3.8, 4) is 0 Å². The smallest absolute Gasteiger partial charge is 0.335 e. The molecule has 2 aliphatic rings. The highest BCUT2D eigenvalue weighted by Gasteiger charge is 2.51. The molecule has 29 heavy (non-hydrogen) atoms. The van der Waals surface area contributed by atoms with Gasteiger partial charge in [0.1, 0.15) is 5.92 Å². The fourth-order valence-corrected chi connectivity index (χ4v) is 3.77. The minimum atomic E-state index is -4.64. The van der Waals surface area contributed by atoms with Gasteiger partial charge < -0.3 is 5.32 Å². The average molecular weight is 440 g/mol. The zero-order valence-electron chi connectivity index (χ0n) is 15.6. The first kappa shape index (κ1) is 21.5. The van der Waals surface area contributed by atoms with Crippen molar-refractivity contribution < 1.29 is 26.7 Å². The number of alkyl halides is 5. The van der Waals surface area contributed by atoms with Crippen LogP contribution in [0.3, 0.4) is 0 Å². The summed E-state index contributed by atoms with van der Waals surface area (Å²) in [5, 5.41) is 6.19. The summed E-state index contributed by atoms with van der Waals surface area (Å²) in [7, 11) is 0. The van der Waals surface area contributed by atoms with Crippen molar-refractivity contribution >= 4 is 29.0 Å². The van der Waals surface area contributed by atoms with Crippen LogP contribution in [-0.2, 0) is 0 Å². The molecule has 0 spiro atoms. The number of urea groups is 1. The van der Waals surface area contributed by atoms with Crippen molar-refractivity contribution in [2.75, 3.05) is 11.4 Å². The van der Waals surface area contributed by atoms with E-state index in [0.717, 1.165) is 15.6 Å². The standard InChI is InChI=1S/C15H13ClF5N5O.C2H6/c16-10-3-11-22-5-9-12(26(11)24-10)8(15(19,20)21)6-25(9)13(27)23-7-1-2-14(17,18)4-7;1-2/h3,5,7-8H,1-2,4,6H2,(H,23,27);1-2H3. The quantitative estimate of drug-likeness (QED) is 0.651. The number of halogens is 6. The Balaban J connectivity index is 0.00000117. The van der Waals surface area contributed by atoms with Gasteiger partial charge in [-0.25, -0.2) is 23.1 Å². The number of hydrogen-bond donors (Lipinski definition) is 1. The van der Waals surface area contributed by atoms with E-state index in [1.165, 1.54) is 6.07 Å². The van der Waals surface area contributed by atoms with Gasteiger partial charge in [0.05, 0.1) is 17.6 Å². The maximum absolute atomic E-state index is 13.6. The van der Waals surface area contributed by atoms with Crippen LogP contribution in [0.4, 0.5) is 32.4 Å². The summed E-state index contributed by atoms with van der Waals surface area (Å²) in [4.78, 5) is 17.4. The second kappa shape index (κ2) is 7.58. The topological polar surface area (TPSA) is 62.5 Å². The highest BCUT2D eigenvalue weighted by atomic mass is 35.5. The van der Waals surface area contributed by atoms with Gasteiger partial charge >= 0.3 is 12.2 Å². The number of carbonyl (C=O) groups excluding carboxylic acids is 1. The van der Waals surface area contributed by atoms with E-state index < -0.39 is 43.1 Å². The van der Waals surface area contributed by atoms with Gasteiger partial charge in [0.2, 0.25) is 5.92 Å². The first-order chi connectivity index (χ1) is 13.5. The lowest BCUT2D eigenvalue weighted by molar-refractivity contribution is -0.147. The number of nitrogens with zero attached hydrogens (tertiary/aromatic N) is 4. The molecule has 0 saturated heterocycles. The van der Waals surface area contributed by atoms with Crippen LogP contribution in [0.2, 0.25) is 5.15 Å². The molecule has 12 heteroatoms. The summed E-state index contributed by atoms with van der Waals surface area (Å²) in [6, 6.07) is -0.361. The molecule has 0 bridgehead atoms. The van der Waals surface area contributed by atoms with E-state index in [-0.39, 0.29) is 35.0 Å². The number of nitrogens with one attached hydrogen (secondary N) is 1. The Bertz CT molecular complexity index is 915. The van der Waals surface area contributed by atoms with Gasteiger partial charge in [-0.1, -0.05) is 25.4 Å². The molecule has 1 aliphatic heterocycles. The molecule has 160 valence electrons. The third-order valence-corrected chi connectivity index (χ3v) is 5.01. The molecule has 1 N–H and O–H groups in total. The van der Waals surface area contributed by atoms with Gasteiger partial charge in [-0.15, -0.1) is 0 Å². The Morgan fingerprint density at radius 1 is 1.34 bits per heavy atom. The molecule has 6 nitrogen and oxygen atoms in total. The summed E-state index contributed by atoms with van der Waals surface area (Å²) in [6.07, 6.45) is -4.34. The van der Waals surface area contributed by atoms with Crippen molar-refractivity contribution in [1.82, 2.24) is 19.9 Å². The van der Waals surface area contributed by atoms with E-state index in [2.05, 4.69) is 15.4 Å². The maximum atomic E-state index is 13.6. The van der Waals surface area contributed by atoms with E-state index in [0.29, 0.717) is 0 Å². The first-order valence-corrected chi connectivity index (χ1v) is 9.50. The number of anilines is 1. The highest BCUT2D eigenvalue weighted by Crippen LogP contribution is 2.45. The van der Waals surface area contributed by atoms with Gasteiger partial charge in [-0.3, -0.25) is 4.90 Å². The lowest BCUT2D eigenvalue weighted by Crippen LogP contribution is -2.44. The molecule has 1 saturated carbocycles. The lowest BCUT2D eigenvalue weighted by Gasteiger charge is -2.21. The highest BCUT2D eigenvalue weighted by molar-refractivity contribution is 6.29. The van der Waals surface area contributed by atoms with Crippen molar-refractivity contribution in [2.24, 2.45) is 0 Å². The predicted octanol–water partition coefficient (Wildman–Crippen LogP) is 4.77. The molecule has 2 unspecified atom stereocenters. The molecule has 1 fully saturated rings. The Morgan fingerprint density at radius 3 is 2.62 bits per heavy atom. The second-order valence-electron chi connectivity index (χ2n) is 6.72. The first-order valence-electron chi connectivity index (χ1n) is 9.12. The summed E-state index contributed by atoms with van der Waals surface area (Å²) in [6.45, 7) is 3.31. The number of carbonyl (C=O) groups is 1. The van der Waals surface area contributed by atoms with Crippen LogP contribution >= 0.6 is 11.6 Å². The van der Waals surface area contributed by atoms with Crippen LogP contribution in [0.25, 0.3) is 5.65 Å². The third kappa shape index (κ3) is 4.10. The Kier molecular flexibility index (Phi) is 5.63. The minimum Gasteiger partial charge on any atom is -0.335 e. The SMILES string of the molecule is CC.O=C(NC1CCC(F)(F)C1)N1CC(C(F)(F)F)c2c1cnc1cc(Cl)nn21. The second-order valence-corrected chi connectivity index (χ2v) is 7.10. The largest absolute Gasteiger partial charge is 0.399 e. The zero-order valence-corrected chi connectivity index (χ0v) is 16.4. The normalized spacial score (nSPS) is 23.0. The molecule has 0 radical (unpaired) electrons. The molecule has 1 aliphatic carbocycles. The Hall–Kier alpha value is -2.17. The maximum Gasteiger partial charge on any atom is 0.399 e. The summed E-state index contributed by atoms with van der Waals surface area (Å²) >= 11 is 5.77. The van der Waals surface area contributed by atoms with Crippen LogP contribution < -0.4 is 10.2 Å². The lowest BCUT2D eigenvalue weighted by atomic mass is 10.1. The van der Waals surface area contributed by atoms with Crippen molar-refractivity contribution in [1.29, 1.82) is 0 Å². The molecule has 2 atom stereocenters. The third-order valence-electron chi connectivity index (χ3n) is 4.83. The van der Waals surface area contributed by atoms with E-state index in [9.17, 15) is 26.7 Å². The van der Waals surface area contributed by atoms with Gasteiger partial charge in [0.15, 0.2) is 10.8 Å². The molecule has 0 aromatic carbocycles. The Labute approximate surface area is 168 Å². The molecule has 2 aromatic rings. The van der Waals surface area contributed by atoms with Gasteiger partial charge in [-0.05, 0) is 6.42 Å². The molecular weight excluding hydrogens is 421 g/mol. The summed E-state index contributed by atoms with van der Waals surface area (Å²) < 4.78 is 68.3. The molecule has 3 heterocycles. The molecule has 4 rings (SSSR count). The number of aromatic nitrogens is 3. The van der Waals surface area contributed by atoms with Gasteiger partial charge in [-0.2, -0.15) is 18.3 Å². The van der Waals surface area contributed by atoms with Crippen molar-refractivity contribution in [2.45, 2.75) is 57.2 Å². The van der Waals surface area contributed by atoms with E-state index >= 15 is 0 Å². The Morgan fingerprint density at radius 2 is 2.03 bits per heavy atom. The van der Waals surface area contributed by atoms with E-state index in [4.69, 9.17) is 11.6 Å². The molecular formula is C17H19ClF5N5O. The number of fused-ring (bicyclic) bond motifs is 3. The van der Waals surface area contributed by atoms with Crippen LogP contribution in [0, 0.1) is 0 Å². The van der Waals surface area contributed by atoms with Gasteiger partial charge in [0.25, 0.3) is 0 Å². The number of rotatable bonds is 1. The predicted molar refractivity (Wildman–Crippen MR) is 96.6 cm³/mol. The average Bonchev–Trinajstić information content (AvgIpc) is 3.29.